The van der Waals surface area contributed by atoms with Crippen LogP contribution in [-0.2, 0) is 0 Å². The van der Waals surface area contributed by atoms with Crippen LogP contribution >= 0.6 is 11.6 Å². The third-order valence-electron chi connectivity index (χ3n) is 2.57. The molecule has 6 heteroatoms. The van der Waals surface area contributed by atoms with E-state index in [9.17, 15) is 4.79 Å². The number of nitrogens with zero attached hydrogens (tertiary/aromatic N) is 2. The number of nitrogens with one attached hydrogen (secondary N) is 2. The maximum absolute atomic E-state index is 11.9. The molecule has 1 aromatic heterocycles. The van der Waals surface area contributed by atoms with Gasteiger partial charge in [-0.2, -0.15) is 0 Å². The molecule has 0 unspecified atom stereocenters. The van der Waals surface area contributed by atoms with Gasteiger partial charge in [0.2, 0.25) is 0 Å². The number of anilines is 2. The van der Waals surface area contributed by atoms with E-state index in [1.165, 1.54) is 0 Å². The van der Waals surface area contributed by atoms with Crippen LogP contribution in [0.3, 0.4) is 0 Å². The Morgan fingerprint density at radius 1 is 1.10 bits per heavy atom. The molecular weight excluding hydrogens is 276 g/mol. The molecule has 0 atom stereocenters. The number of carbonyl (C=O) groups excluding carboxylic acids is 1. The van der Waals surface area contributed by atoms with E-state index in [-0.39, 0.29) is 5.91 Å². The highest BCUT2D eigenvalue weighted by molar-refractivity contribution is 6.30. The minimum Gasteiger partial charge on any atom is -0.369 e. The number of hydrogen-bond acceptors (Lipinski definition) is 4. The summed E-state index contributed by atoms with van der Waals surface area (Å²) >= 11 is 5.77. The first-order valence-corrected chi connectivity index (χ1v) is 6.71. The van der Waals surface area contributed by atoms with Crippen LogP contribution in [-0.4, -0.2) is 22.6 Å². The van der Waals surface area contributed by atoms with E-state index in [0.29, 0.717) is 22.2 Å². The third-order valence-corrected chi connectivity index (χ3v) is 2.82. The molecule has 0 aliphatic heterocycles. The van der Waals surface area contributed by atoms with Gasteiger partial charge < -0.3 is 10.6 Å². The maximum Gasteiger partial charge on any atom is 0.256 e. The van der Waals surface area contributed by atoms with Gasteiger partial charge in [-0.25, -0.2) is 0 Å². The molecule has 5 nitrogen and oxygen atoms in total. The van der Waals surface area contributed by atoms with Crippen molar-refractivity contribution in [3.05, 3.63) is 47.0 Å². The van der Waals surface area contributed by atoms with Crippen LogP contribution in [0.15, 0.2) is 36.4 Å². The molecule has 0 saturated heterocycles. The van der Waals surface area contributed by atoms with Gasteiger partial charge in [-0.1, -0.05) is 18.5 Å². The lowest BCUT2D eigenvalue weighted by Crippen LogP contribution is -2.13. The van der Waals surface area contributed by atoms with E-state index in [1.54, 1.807) is 36.4 Å². The minimum atomic E-state index is -0.245. The lowest BCUT2D eigenvalue weighted by Gasteiger charge is -2.06. The lowest BCUT2D eigenvalue weighted by atomic mass is 10.2. The molecule has 2 N–H and O–H groups in total. The number of aromatic nitrogens is 2. The van der Waals surface area contributed by atoms with Crippen LogP contribution in [0.5, 0.6) is 0 Å². The fraction of sp³-hybridized carbons (Fsp3) is 0.214. The van der Waals surface area contributed by atoms with Crippen molar-refractivity contribution in [3.8, 4) is 0 Å². The zero-order chi connectivity index (χ0) is 14.4. The Bertz CT molecular complexity index is 569. The average Bonchev–Trinajstić information content (AvgIpc) is 2.47. The molecule has 2 aromatic rings. The summed E-state index contributed by atoms with van der Waals surface area (Å²) in [6.07, 6.45) is 1.01. The Labute approximate surface area is 122 Å². The number of carbonyl (C=O) groups is 1. The molecule has 0 spiro atoms. The van der Waals surface area contributed by atoms with Crippen molar-refractivity contribution in [2.45, 2.75) is 13.3 Å². The van der Waals surface area contributed by atoms with E-state index in [0.717, 1.165) is 13.0 Å². The minimum absolute atomic E-state index is 0.245. The van der Waals surface area contributed by atoms with E-state index >= 15 is 0 Å². The highest BCUT2D eigenvalue weighted by atomic mass is 35.5. The van der Waals surface area contributed by atoms with Gasteiger partial charge in [-0.05, 0) is 42.8 Å². The third kappa shape index (κ3) is 3.93. The molecule has 0 radical (unpaired) electrons. The van der Waals surface area contributed by atoms with Crippen molar-refractivity contribution < 1.29 is 4.79 Å². The zero-order valence-electron chi connectivity index (χ0n) is 11.1. The summed E-state index contributed by atoms with van der Waals surface area (Å²) < 4.78 is 0. The second-order valence-electron chi connectivity index (χ2n) is 4.19. The number of hydrogen-bond donors (Lipinski definition) is 2. The summed E-state index contributed by atoms with van der Waals surface area (Å²) in [6.45, 7) is 2.91. The molecule has 1 aromatic carbocycles. The van der Waals surface area contributed by atoms with E-state index < -0.39 is 0 Å². The Hall–Kier alpha value is -2.14. The first-order chi connectivity index (χ1) is 9.69. The SMILES string of the molecule is CCCNc1ccc(NC(=O)c2ccc(Cl)cc2)nn1. The van der Waals surface area contributed by atoms with Crippen LogP contribution in [0, 0.1) is 0 Å². The highest BCUT2D eigenvalue weighted by Crippen LogP contribution is 2.12. The fourth-order valence-electron chi connectivity index (χ4n) is 1.54. The van der Waals surface area contributed by atoms with Gasteiger partial charge in [0.15, 0.2) is 5.82 Å². The Morgan fingerprint density at radius 2 is 1.75 bits per heavy atom. The largest absolute Gasteiger partial charge is 0.369 e. The molecule has 20 heavy (non-hydrogen) atoms. The quantitative estimate of drug-likeness (QED) is 0.887. The van der Waals surface area contributed by atoms with Gasteiger partial charge in [0.05, 0.1) is 0 Å². The van der Waals surface area contributed by atoms with E-state index in [1.807, 2.05) is 0 Å². The van der Waals surface area contributed by atoms with Gasteiger partial charge in [0, 0.05) is 17.1 Å². The highest BCUT2D eigenvalue weighted by Gasteiger charge is 2.07. The topological polar surface area (TPSA) is 66.9 Å². The molecule has 1 heterocycles. The van der Waals surface area contributed by atoms with Crippen LogP contribution in [0.1, 0.15) is 23.7 Å². The molecule has 2 rings (SSSR count). The monoisotopic (exact) mass is 290 g/mol. The molecule has 0 saturated carbocycles. The van der Waals surface area contributed by atoms with Crippen molar-refractivity contribution in [2.24, 2.45) is 0 Å². The zero-order valence-corrected chi connectivity index (χ0v) is 11.8. The molecule has 104 valence electrons. The number of benzene rings is 1. The van der Waals surface area contributed by atoms with Crippen molar-refractivity contribution >= 4 is 29.1 Å². The van der Waals surface area contributed by atoms with Gasteiger partial charge in [-0.3, -0.25) is 4.79 Å². The maximum atomic E-state index is 11.9. The summed E-state index contributed by atoms with van der Waals surface area (Å²) in [5, 5.41) is 14.3. The number of halogens is 1. The smallest absolute Gasteiger partial charge is 0.256 e. The van der Waals surface area contributed by atoms with Crippen LogP contribution in [0.4, 0.5) is 11.6 Å². The first-order valence-electron chi connectivity index (χ1n) is 6.33. The van der Waals surface area contributed by atoms with Crippen LogP contribution < -0.4 is 10.6 Å². The predicted molar refractivity (Wildman–Crippen MR) is 80.2 cm³/mol. The summed E-state index contributed by atoms with van der Waals surface area (Å²) in [6, 6.07) is 10.1. The second-order valence-corrected chi connectivity index (χ2v) is 4.63. The number of amides is 1. The van der Waals surface area contributed by atoms with Crippen molar-refractivity contribution in [1.82, 2.24) is 10.2 Å². The van der Waals surface area contributed by atoms with Crippen molar-refractivity contribution in [1.29, 1.82) is 0 Å². The molecule has 0 bridgehead atoms. The van der Waals surface area contributed by atoms with Gasteiger partial charge in [0.25, 0.3) is 5.91 Å². The second kappa shape index (κ2) is 6.86. The normalized spacial score (nSPS) is 10.1. The summed E-state index contributed by atoms with van der Waals surface area (Å²) in [7, 11) is 0. The molecule has 0 aliphatic rings. The van der Waals surface area contributed by atoms with Crippen LogP contribution in [0.25, 0.3) is 0 Å². The Balaban J connectivity index is 1.99. The average molecular weight is 291 g/mol. The predicted octanol–water partition coefficient (Wildman–Crippen LogP) is 3.20. The summed E-state index contributed by atoms with van der Waals surface area (Å²) in [5.41, 5.74) is 0.518. The van der Waals surface area contributed by atoms with Crippen molar-refractivity contribution in [3.63, 3.8) is 0 Å². The van der Waals surface area contributed by atoms with Gasteiger partial charge in [-0.15, -0.1) is 10.2 Å². The summed E-state index contributed by atoms with van der Waals surface area (Å²) in [5.74, 6) is 0.855. The molecule has 0 fully saturated rings. The van der Waals surface area contributed by atoms with Crippen molar-refractivity contribution in [2.75, 3.05) is 17.2 Å². The molecule has 1 amide bonds. The Kier molecular flexibility index (Phi) is 4.90. The van der Waals surface area contributed by atoms with Gasteiger partial charge >= 0.3 is 0 Å². The standard InChI is InChI=1S/C14H15ClN4O/c1-2-9-16-12-7-8-13(19-18-12)17-14(20)10-3-5-11(15)6-4-10/h3-8H,2,9H2,1H3,(H,16,18)(H,17,19,20). The Morgan fingerprint density at radius 3 is 2.35 bits per heavy atom. The first kappa shape index (κ1) is 14.3. The molecular formula is C14H15ClN4O. The van der Waals surface area contributed by atoms with E-state index in [2.05, 4.69) is 27.8 Å². The van der Waals surface area contributed by atoms with E-state index in [4.69, 9.17) is 11.6 Å². The van der Waals surface area contributed by atoms with Gasteiger partial charge in [0.1, 0.15) is 5.82 Å². The van der Waals surface area contributed by atoms with Crippen LogP contribution in [0.2, 0.25) is 5.02 Å². The lowest BCUT2D eigenvalue weighted by molar-refractivity contribution is 0.102. The fourth-order valence-corrected chi connectivity index (χ4v) is 1.66. The summed E-state index contributed by atoms with van der Waals surface area (Å²) in [4.78, 5) is 11.9. The number of rotatable bonds is 5. The molecule has 0 aliphatic carbocycles.